The Morgan fingerprint density at radius 3 is 2.65 bits per heavy atom. The lowest BCUT2D eigenvalue weighted by Gasteiger charge is -2.04. The van der Waals surface area contributed by atoms with Crippen molar-refractivity contribution >= 4 is 28.8 Å². The van der Waals surface area contributed by atoms with Gasteiger partial charge in [-0.05, 0) is 16.8 Å². The molecule has 0 saturated carbocycles. The van der Waals surface area contributed by atoms with Crippen LogP contribution in [0.25, 0.3) is 10.8 Å². The molecular formula is C14H13N3O3. The van der Waals surface area contributed by atoms with Crippen LogP contribution in [0.5, 0.6) is 5.75 Å². The SMILES string of the molecule is CNC(=O)C(=O)NN=Cc1c(O)ccc2ccccc12. The van der Waals surface area contributed by atoms with Crippen LogP contribution in [0, 0.1) is 0 Å². The predicted molar refractivity (Wildman–Crippen MR) is 75.4 cm³/mol. The smallest absolute Gasteiger partial charge is 0.329 e. The number of phenolic OH excluding ortho intramolecular Hbond substituents is 1. The van der Waals surface area contributed by atoms with E-state index in [-0.39, 0.29) is 5.75 Å². The Bertz CT molecular complexity index is 695. The number of amides is 2. The number of carbonyl (C=O) groups excluding carboxylic acids is 2. The Morgan fingerprint density at radius 2 is 1.90 bits per heavy atom. The van der Waals surface area contributed by atoms with Gasteiger partial charge in [0.2, 0.25) is 0 Å². The molecule has 0 heterocycles. The van der Waals surface area contributed by atoms with Crippen LogP contribution in [0.4, 0.5) is 0 Å². The highest BCUT2D eigenvalue weighted by Crippen LogP contribution is 2.25. The summed E-state index contributed by atoms with van der Waals surface area (Å²) >= 11 is 0. The van der Waals surface area contributed by atoms with Crippen molar-refractivity contribution in [1.82, 2.24) is 10.7 Å². The molecule has 2 amide bonds. The number of hydrogen-bond donors (Lipinski definition) is 3. The summed E-state index contributed by atoms with van der Waals surface area (Å²) in [6.07, 6.45) is 1.30. The van der Waals surface area contributed by atoms with Crippen molar-refractivity contribution in [3.8, 4) is 5.75 Å². The maximum Gasteiger partial charge on any atom is 0.329 e. The molecule has 0 unspecified atom stereocenters. The fourth-order valence-corrected chi connectivity index (χ4v) is 1.74. The third kappa shape index (κ3) is 2.74. The van der Waals surface area contributed by atoms with E-state index in [0.717, 1.165) is 10.8 Å². The molecule has 0 spiro atoms. The Labute approximate surface area is 115 Å². The highest BCUT2D eigenvalue weighted by molar-refractivity contribution is 6.35. The molecular weight excluding hydrogens is 258 g/mol. The Morgan fingerprint density at radius 1 is 1.15 bits per heavy atom. The number of benzene rings is 2. The van der Waals surface area contributed by atoms with Crippen molar-refractivity contribution in [2.45, 2.75) is 0 Å². The van der Waals surface area contributed by atoms with Crippen LogP contribution in [0.15, 0.2) is 41.5 Å². The number of likely N-dealkylation sites (N-methyl/N-ethyl adjacent to an activating group) is 1. The van der Waals surface area contributed by atoms with Gasteiger partial charge in [0.25, 0.3) is 0 Å². The first-order valence-corrected chi connectivity index (χ1v) is 5.89. The van der Waals surface area contributed by atoms with Gasteiger partial charge in [0.15, 0.2) is 0 Å². The number of hydrogen-bond acceptors (Lipinski definition) is 4. The van der Waals surface area contributed by atoms with Gasteiger partial charge in [-0.25, -0.2) is 5.43 Å². The predicted octanol–water partition coefficient (Wildman–Crippen LogP) is 0.741. The molecule has 20 heavy (non-hydrogen) atoms. The summed E-state index contributed by atoms with van der Waals surface area (Å²) in [5.74, 6) is -1.62. The van der Waals surface area contributed by atoms with Crippen LogP contribution in [-0.4, -0.2) is 30.2 Å². The number of phenols is 1. The summed E-state index contributed by atoms with van der Waals surface area (Å²) in [5, 5.41) is 17.4. The number of nitrogens with zero attached hydrogens (tertiary/aromatic N) is 1. The van der Waals surface area contributed by atoms with E-state index in [1.807, 2.05) is 24.3 Å². The van der Waals surface area contributed by atoms with Crippen molar-refractivity contribution in [3.05, 3.63) is 42.0 Å². The van der Waals surface area contributed by atoms with Crippen LogP contribution < -0.4 is 10.7 Å². The second-order valence-electron chi connectivity index (χ2n) is 4.00. The van der Waals surface area contributed by atoms with E-state index in [0.29, 0.717) is 5.56 Å². The third-order valence-electron chi connectivity index (χ3n) is 2.74. The lowest BCUT2D eigenvalue weighted by atomic mass is 10.0. The fraction of sp³-hybridized carbons (Fsp3) is 0.0714. The van der Waals surface area contributed by atoms with Gasteiger partial charge in [-0.1, -0.05) is 30.3 Å². The lowest BCUT2D eigenvalue weighted by molar-refractivity contribution is -0.138. The van der Waals surface area contributed by atoms with E-state index in [9.17, 15) is 14.7 Å². The Hall–Kier alpha value is -2.89. The molecule has 0 atom stereocenters. The lowest BCUT2D eigenvalue weighted by Crippen LogP contribution is -2.35. The Balaban J connectivity index is 2.27. The quantitative estimate of drug-likeness (QED) is 0.427. The molecule has 2 rings (SSSR count). The summed E-state index contributed by atoms with van der Waals surface area (Å²) < 4.78 is 0. The molecule has 102 valence electrons. The van der Waals surface area contributed by atoms with Crippen LogP contribution in [0.1, 0.15) is 5.56 Å². The minimum absolute atomic E-state index is 0.0432. The molecule has 0 radical (unpaired) electrons. The van der Waals surface area contributed by atoms with Crippen molar-refractivity contribution < 1.29 is 14.7 Å². The van der Waals surface area contributed by atoms with Gasteiger partial charge in [0, 0.05) is 12.6 Å². The summed E-state index contributed by atoms with van der Waals surface area (Å²) in [5.41, 5.74) is 2.55. The van der Waals surface area contributed by atoms with Gasteiger partial charge in [-0.15, -0.1) is 0 Å². The van der Waals surface area contributed by atoms with Crippen LogP contribution in [-0.2, 0) is 9.59 Å². The Kier molecular flexibility index (Phi) is 3.95. The molecule has 0 aliphatic heterocycles. The fourth-order valence-electron chi connectivity index (χ4n) is 1.74. The zero-order valence-electron chi connectivity index (χ0n) is 10.8. The van der Waals surface area contributed by atoms with E-state index >= 15 is 0 Å². The van der Waals surface area contributed by atoms with E-state index in [4.69, 9.17) is 0 Å². The summed E-state index contributed by atoms with van der Waals surface area (Å²) in [4.78, 5) is 22.2. The van der Waals surface area contributed by atoms with E-state index < -0.39 is 11.8 Å². The van der Waals surface area contributed by atoms with Crippen LogP contribution >= 0.6 is 0 Å². The van der Waals surface area contributed by atoms with Gasteiger partial charge in [0.1, 0.15) is 5.75 Å². The van der Waals surface area contributed by atoms with Gasteiger partial charge < -0.3 is 10.4 Å². The molecule has 0 bridgehead atoms. The van der Waals surface area contributed by atoms with Crippen LogP contribution in [0.2, 0.25) is 0 Å². The summed E-state index contributed by atoms with van der Waals surface area (Å²) in [6.45, 7) is 0. The van der Waals surface area contributed by atoms with Crippen molar-refractivity contribution in [2.24, 2.45) is 5.10 Å². The minimum atomic E-state index is -0.872. The molecule has 0 aliphatic rings. The number of aromatic hydroxyl groups is 1. The van der Waals surface area contributed by atoms with Crippen molar-refractivity contribution in [2.75, 3.05) is 7.05 Å². The van der Waals surface area contributed by atoms with Crippen LogP contribution in [0.3, 0.4) is 0 Å². The molecule has 0 aromatic heterocycles. The highest BCUT2D eigenvalue weighted by Gasteiger charge is 2.09. The maximum atomic E-state index is 11.2. The van der Waals surface area contributed by atoms with E-state index in [1.165, 1.54) is 13.3 Å². The molecule has 6 heteroatoms. The number of hydrazone groups is 1. The number of rotatable bonds is 2. The zero-order valence-corrected chi connectivity index (χ0v) is 10.8. The summed E-state index contributed by atoms with van der Waals surface area (Å²) in [7, 11) is 1.35. The maximum absolute atomic E-state index is 11.2. The second-order valence-corrected chi connectivity index (χ2v) is 4.00. The van der Waals surface area contributed by atoms with Gasteiger partial charge in [0.05, 0.1) is 6.21 Å². The standard InChI is InChI=1S/C14H13N3O3/c1-15-13(19)14(20)17-16-8-11-10-5-3-2-4-9(10)6-7-12(11)18/h2-8,18H,1H3,(H,15,19)(H,17,20). The number of nitrogens with one attached hydrogen (secondary N) is 2. The first-order chi connectivity index (χ1) is 9.63. The van der Waals surface area contributed by atoms with Gasteiger partial charge in [-0.3, -0.25) is 9.59 Å². The van der Waals surface area contributed by atoms with E-state index in [1.54, 1.807) is 12.1 Å². The van der Waals surface area contributed by atoms with Gasteiger partial charge in [-0.2, -0.15) is 5.10 Å². The van der Waals surface area contributed by atoms with Crippen molar-refractivity contribution in [3.63, 3.8) is 0 Å². The van der Waals surface area contributed by atoms with E-state index in [2.05, 4.69) is 15.8 Å². The average molecular weight is 271 g/mol. The molecule has 6 nitrogen and oxygen atoms in total. The third-order valence-corrected chi connectivity index (χ3v) is 2.74. The number of fused-ring (bicyclic) bond motifs is 1. The molecule has 0 fully saturated rings. The molecule has 2 aromatic rings. The molecule has 3 N–H and O–H groups in total. The highest BCUT2D eigenvalue weighted by atomic mass is 16.3. The molecule has 0 saturated heterocycles. The topological polar surface area (TPSA) is 90.8 Å². The molecule has 0 aliphatic carbocycles. The minimum Gasteiger partial charge on any atom is -0.507 e. The monoisotopic (exact) mass is 271 g/mol. The normalized spacial score (nSPS) is 10.7. The zero-order chi connectivity index (χ0) is 14.5. The van der Waals surface area contributed by atoms with Gasteiger partial charge >= 0.3 is 11.8 Å². The number of carbonyl (C=O) groups is 2. The first kappa shape index (κ1) is 13.5. The molecule has 2 aromatic carbocycles. The first-order valence-electron chi connectivity index (χ1n) is 5.89. The van der Waals surface area contributed by atoms with Crippen molar-refractivity contribution in [1.29, 1.82) is 0 Å². The summed E-state index contributed by atoms with van der Waals surface area (Å²) in [6, 6.07) is 10.8. The largest absolute Gasteiger partial charge is 0.507 e. The average Bonchev–Trinajstić information content (AvgIpc) is 2.48. The second kappa shape index (κ2) is 5.83.